The lowest BCUT2D eigenvalue weighted by molar-refractivity contribution is 0.153. The number of aromatic nitrogens is 5. The molecule has 1 aliphatic rings. The Morgan fingerprint density at radius 1 is 0.757 bits per heavy atom. The zero-order valence-corrected chi connectivity index (χ0v) is 20.6. The molecule has 6 heteroatoms. The number of aromatic amines is 2. The van der Waals surface area contributed by atoms with E-state index in [1.165, 1.54) is 23.2 Å². The Labute approximate surface area is 215 Å². The number of rotatable bonds is 6. The maximum atomic E-state index is 4.89. The molecule has 1 atom stereocenters. The van der Waals surface area contributed by atoms with Crippen LogP contribution in [0.1, 0.15) is 41.5 Å². The van der Waals surface area contributed by atoms with E-state index in [0.29, 0.717) is 0 Å². The number of benzene rings is 3. The molecule has 0 fully saturated rings. The van der Waals surface area contributed by atoms with Crippen LogP contribution < -0.4 is 0 Å². The third kappa shape index (κ3) is 4.30. The molecular weight excluding hydrogens is 456 g/mol. The lowest BCUT2D eigenvalue weighted by atomic mass is 9.90. The van der Waals surface area contributed by atoms with E-state index in [2.05, 4.69) is 69.5 Å². The number of H-pyrrole nitrogens is 2. The standard InChI is InChI=1S/C31H28N6/c1-2-10-25-24(9-1)33-29(34-25)20-37(28-13-5-7-22-8-6-18-32-30(22)28)19-21-14-16-23(17-15-21)31-35-26-11-3-4-12-27(26)36-31/h1-4,6,8-12,14-18,28H,5,7,13,19-20H2,(H,33,34)(H,35,36). The van der Waals surface area contributed by atoms with E-state index in [-0.39, 0.29) is 6.04 Å². The summed E-state index contributed by atoms with van der Waals surface area (Å²) in [6.07, 6.45) is 5.30. The van der Waals surface area contributed by atoms with Gasteiger partial charge < -0.3 is 9.97 Å². The van der Waals surface area contributed by atoms with Crippen LogP contribution in [0.25, 0.3) is 33.5 Å². The molecule has 3 aromatic carbocycles. The van der Waals surface area contributed by atoms with E-state index >= 15 is 0 Å². The van der Waals surface area contributed by atoms with Gasteiger partial charge in [0, 0.05) is 18.3 Å². The SMILES string of the molecule is c1cnc2c(c1)CCCC2N(Cc1ccc(-c2nc3ccccc3[nH]2)cc1)Cc1nc2ccccc2[nH]1. The van der Waals surface area contributed by atoms with Gasteiger partial charge in [0.1, 0.15) is 11.6 Å². The largest absolute Gasteiger partial charge is 0.341 e. The average Bonchev–Trinajstić information content (AvgIpc) is 3.57. The van der Waals surface area contributed by atoms with Crippen molar-refractivity contribution in [3.05, 3.63) is 114 Å². The lowest BCUT2D eigenvalue weighted by Crippen LogP contribution is -2.31. The Hall–Kier alpha value is -4.29. The van der Waals surface area contributed by atoms with Crippen LogP contribution in [0.5, 0.6) is 0 Å². The highest BCUT2D eigenvalue weighted by atomic mass is 15.2. The summed E-state index contributed by atoms with van der Waals surface area (Å²) in [6, 6.07) is 29.7. The molecule has 0 radical (unpaired) electrons. The van der Waals surface area contributed by atoms with Crippen molar-refractivity contribution in [1.29, 1.82) is 0 Å². The minimum atomic E-state index is 0.258. The number of hydrogen-bond donors (Lipinski definition) is 2. The molecule has 1 aliphatic carbocycles. The summed E-state index contributed by atoms with van der Waals surface area (Å²) < 4.78 is 0. The molecule has 0 saturated carbocycles. The highest BCUT2D eigenvalue weighted by Gasteiger charge is 2.28. The minimum Gasteiger partial charge on any atom is -0.341 e. The molecule has 0 aliphatic heterocycles. The molecule has 3 heterocycles. The van der Waals surface area contributed by atoms with Crippen LogP contribution in [0, 0.1) is 0 Å². The van der Waals surface area contributed by atoms with Crippen LogP contribution in [0.3, 0.4) is 0 Å². The van der Waals surface area contributed by atoms with Crippen molar-refractivity contribution in [2.24, 2.45) is 0 Å². The highest BCUT2D eigenvalue weighted by molar-refractivity contribution is 5.79. The molecular formula is C31H28N6. The van der Waals surface area contributed by atoms with Gasteiger partial charge in [0.15, 0.2) is 0 Å². The van der Waals surface area contributed by atoms with Crippen molar-refractivity contribution in [1.82, 2.24) is 29.8 Å². The zero-order chi connectivity index (χ0) is 24.6. The lowest BCUT2D eigenvalue weighted by Gasteiger charge is -2.34. The molecule has 6 nitrogen and oxygen atoms in total. The summed E-state index contributed by atoms with van der Waals surface area (Å²) in [6.45, 7) is 1.55. The fourth-order valence-electron chi connectivity index (χ4n) is 5.58. The topological polar surface area (TPSA) is 73.5 Å². The second-order valence-corrected chi connectivity index (χ2v) is 9.86. The van der Waals surface area contributed by atoms with Crippen molar-refractivity contribution < 1.29 is 0 Å². The molecule has 6 aromatic rings. The molecule has 37 heavy (non-hydrogen) atoms. The monoisotopic (exact) mass is 484 g/mol. The van der Waals surface area contributed by atoms with Gasteiger partial charge in [0.2, 0.25) is 0 Å². The van der Waals surface area contributed by atoms with Gasteiger partial charge in [-0.15, -0.1) is 0 Å². The normalized spacial score (nSPS) is 15.4. The number of pyridine rings is 1. The molecule has 182 valence electrons. The Kier molecular flexibility index (Phi) is 5.52. The van der Waals surface area contributed by atoms with Crippen molar-refractivity contribution in [3.63, 3.8) is 0 Å². The predicted molar refractivity (Wildman–Crippen MR) is 147 cm³/mol. The molecule has 7 rings (SSSR count). The van der Waals surface area contributed by atoms with Crippen LogP contribution in [-0.2, 0) is 19.5 Å². The first-order chi connectivity index (χ1) is 18.3. The van der Waals surface area contributed by atoms with Crippen molar-refractivity contribution in [2.75, 3.05) is 0 Å². The summed E-state index contributed by atoms with van der Waals surface area (Å²) in [7, 11) is 0. The fourth-order valence-corrected chi connectivity index (χ4v) is 5.58. The van der Waals surface area contributed by atoms with Gasteiger partial charge >= 0.3 is 0 Å². The predicted octanol–water partition coefficient (Wildman–Crippen LogP) is 6.58. The number of fused-ring (bicyclic) bond motifs is 3. The fraction of sp³-hybridized carbons (Fsp3) is 0.194. The minimum absolute atomic E-state index is 0.258. The van der Waals surface area contributed by atoms with Gasteiger partial charge in [-0.05, 0) is 60.7 Å². The first-order valence-electron chi connectivity index (χ1n) is 13.0. The van der Waals surface area contributed by atoms with E-state index < -0.39 is 0 Å². The Bertz CT molecular complexity index is 1610. The van der Waals surface area contributed by atoms with E-state index in [0.717, 1.165) is 65.2 Å². The van der Waals surface area contributed by atoms with Gasteiger partial charge in [0.25, 0.3) is 0 Å². The molecule has 0 spiro atoms. The maximum Gasteiger partial charge on any atom is 0.138 e. The molecule has 1 unspecified atom stereocenters. The van der Waals surface area contributed by atoms with Crippen molar-refractivity contribution in [3.8, 4) is 11.4 Å². The average molecular weight is 485 g/mol. The van der Waals surface area contributed by atoms with Gasteiger partial charge in [-0.3, -0.25) is 9.88 Å². The van der Waals surface area contributed by atoms with E-state index in [9.17, 15) is 0 Å². The smallest absolute Gasteiger partial charge is 0.138 e. The van der Waals surface area contributed by atoms with Crippen molar-refractivity contribution >= 4 is 22.1 Å². The van der Waals surface area contributed by atoms with Gasteiger partial charge in [-0.1, -0.05) is 54.6 Å². The first kappa shape index (κ1) is 21.9. The quantitative estimate of drug-likeness (QED) is 0.280. The number of nitrogens with one attached hydrogen (secondary N) is 2. The van der Waals surface area contributed by atoms with Crippen LogP contribution in [0.4, 0.5) is 0 Å². The van der Waals surface area contributed by atoms with Crippen LogP contribution in [0.2, 0.25) is 0 Å². The molecule has 0 amide bonds. The van der Waals surface area contributed by atoms with Gasteiger partial charge in [-0.2, -0.15) is 0 Å². The number of imidazole rings is 2. The third-order valence-corrected chi connectivity index (χ3v) is 7.40. The van der Waals surface area contributed by atoms with E-state index in [1.807, 2.05) is 36.5 Å². The summed E-state index contributed by atoms with van der Waals surface area (Å²) >= 11 is 0. The summed E-state index contributed by atoms with van der Waals surface area (Å²) in [4.78, 5) is 24.0. The molecule has 2 N–H and O–H groups in total. The van der Waals surface area contributed by atoms with E-state index in [1.54, 1.807) is 0 Å². The number of para-hydroxylation sites is 4. The molecule has 0 bridgehead atoms. The van der Waals surface area contributed by atoms with Crippen LogP contribution in [0.15, 0.2) is 91.1 Å². The van der Waals surface area contributed by atoms with Crippen molar-refractivity contribution in [2.45, 2.75) is 38.4 Å². The third-order valence-electron chi connectivity index (χ3n) is 7.40. The van der Waals surface area contributed by atoms with Gasteiger partial charge in [0.05, 0.1) is 40.3 Å². The highest BCUT2D eigenvalue weighted by Crippen LogP contribution is 2.35. The Balaban J connectivity index is 1.20. The Morgan fingerprint density at radius 2 is 1.51 bits per heavy atom. The molecule has 0 saturated heterocycles. The second kappa shape index (κ2) is 9.30. The van der Waals surface area contributed by atoms with Crippen LogP contribution >= 0.6 is 0 Å². The van der Waals surface area contributed by atoms with E-state index in [4.69, 9.17) is 15.0 Å². The zero-order valence-electron chi connectivity index (χ0n) is 20.6. The maximum absolute atomic E-state index is 4.89. The summed E-state index contributed by atoms with van der Waals surface area (Å²) in [5, 5.41) is 0. The number of nitrogens with zero attached hydrogens (tertiary/aromatic N) is 4. The van der Waals surface area contributed by atoms with Crippen LogP contribution in [-0.4, -0.2) is 29.8 Å². The summed E-state index contributed by atoms with van der Waals surface area (Å²) in [5.74, 6) is 1.89. The molecule has 3 aromatic heterocycles. The first-order valence-corrected chi connectivity index (χ1v) is 13.0. The Morgan fingerprint density at radius 3 is 2.30 bits per heavy atom. The number of hydrogen-bond acceptors (Lipinski definition) is 4. The second-order valence-electron chi connectivity index (χ2n) is 9.86. The van der Waals surface area contributed by atoms with Gasteiger partial charge in [-0.25, -0.2) is 9.97 Å². The number of aryl methyl sites for hydroxylation is 1. The summed E-state index contributed by atoms with van der Waals surface area (Å²) in [5.41, 5.74) is 9.07.